The Morgan fingerprint density at radius 2 is 1.69 bits per heavy atom. The zero-order chi connectivity index (χ0) is 22.7. The van der Waals surface area contributed by atoms with E-state index in [1.807, 2.05) is 0 Å². The maximum atomic E-state index is 12.2. The van der Waals surface area contributed by atoms with Crippen molar-refractivity contribution >= 4 is 0 Å². The molecule has 0 aromatic rings. The lowest BCUT2D eigenvalue weighted by atomic mass is 9.41. The SMILES string of the molecule is CC1CCC2(OC1)OC1CC3C4CCC5CC(O)CCC5(C)C4C(C)(O)CC3(C)C1C2C. The summed E-state index contributed by atoms with van der Waals surface area (Å²) in [5.41, 5.74) is -0.388. The van der Waals surface area contributed by atoms with Gasteiger partial charge >= 0.3 is 0 Å². The van der Waals surface area contributed by atoms with Crippen molar-refractivity contribution in [3.8, 4) is 0 Å². The number of aliphatic hydroxyl groups is 2. The van der Waals surface area contributed by atoms with E-state index in [0.29, 0.717) is 41.4 Å². The van der Waals surface area contributed by atoms with Crippen molar-refractivity contribution in [3.05, 3.63) is 0 Å². The van der Waals surface area contributed by atoms with Crippen LogP contribution in [-0.4, -0.2) is 40.4 Å². The van der Waals surface area contributed by atoms with E-state index in [0.717, 1.165) is 45.1 Å². The molecule has 13 unspecified atom stereocenters. The highest BCUT2D eigenvalue weighted by atomic mass is 16.7. The van der Waals surface area contributed by atoms with Crippen LogP contribution in [0, 0.1) is 52.3 Å². The Morgan fingerprint density at radius 1 is 0.906 bits per heavy atom. The maximum absolute atomic E-state index is 12.2. The molecule has 0 radical (unpaired) electrons. The Labute approximate surface area is 194 Å². The van der Waals surface area contributed by atoms with Crippen LogP contribution in [0.1, 0.15) is 92.4 Å². The van der Waals surface area contributed by atoms with Gasteiger partial charge in [0.25, 0.3) is 0 Å². The molecule has 0 aromatic heterocycles. The zero-order valence-electron chi connectivity index (χ0n) is 21.0. The first-order chi connectivity index (χ1) is 15.0. The van der Waals surface area contributed by atoms with E-state index in [-0.39, 0.29) is 28.8 Å². The first-order valence-corrected chi connectivity index (χ1v) is 13.7. The number of hydrogen-bond donors (Lipinski definition) is 2. The van der Waals surface area contributed by atoms with Gasteiger partial charge in [-0.1, -0.05) is 27.7 Å². The third-order valence-corrected chi connectivity index (χ3v) is 12.1. The van der Waals surface area contributed by atoms with Crippen molar-refractivity contribution in [1.82, 2.24) is 0 Å². The van der Waals surface area contributed by atoms with Gasteiger partial charge in [0.2, 0.25) is 0 Å². The molecule has 4 heteroatoms. The maximum Gasteiger partial charge on any atom is 0.171 e. The van der Waals surface area contributed by atoms with Gasteiger partial charge in [-0.25, -0.2) is 0 Å². The normalized spacial score (nSPS) is 64.0. The first kappa shape index (κ1) is 22.3. The molecule has 1 spiro atoms. The molecule has 4 saturated carbocycles. The van der Waals surface area contributed by atoms with Crippen LogP contribution in [0.25, 0.3) is 0 Å². The second-order valence-electron chi connectivity index (χ2n) is 14.0. The molecular formula is C28H46O4. The minimum Gasteiger partial charge on any atom is -0.393 e. The summed E-state index contributed by atoms with van der Waals surface area (Å²) < 4.78 is 13.3. The fourth-order valence-corrected chi connectivity index (χ4v) is 11.0. The Bertz CT molecular complexity index is 757. The molecule has 2 N–H and O–H groups in total. The van der Waals surface area contributed by atoms with Crippen LogP contribution in [0.2, 0.25) is 0 Å². The minimum absolute atomic E-state index is 0.113. The molecule has 13 atom stereocenters. The molecule has 4 aliphatic carbocycles. The summed E-state index contributed by atoms with van der Waals surface area (Å²) in [6.45, 7) is 12.6. The predicted molar refractivity (Wildman–Crippen MR) is 124 cm³/mol. The van der Waals surface area contributed by atoms with Crippen molar-refractivity contribution in [2.24, 2.45) is 52.3 Å². The first-order valence-electron chi connectivity index (χ1n) is 13.7. The summed E-state index contributed by atoms with van der Waals surface area (Å²) in [6.07, 6.45) is 9.71. The third-order valence-electron chi connectivity index (χ3n) is 12.1. The minimum atomic E-state index is -0.655. The van der Waals surface area contributed by atoms with E-state index in [1.54, 1.807) is 0 Å². The number of hydrogen-bond acceptors (Lipinski definition) is 4. The fraction of sp³-hybridized carbons (Fsp3) is 1.00. The van der Waals surface area contributed by atoms with E-state index in [1.165, 1.54) is 19.3 Å². The van der Waals surface area contributed by atoms with Crippen LogP contribution in [0.5, 0.6) is 0 Å². The Kier molecular flexibility index (Phi) is 4.85. The summed E-state index contributed by atoms with van der Waals surface area (Å²) in [7, 11) is 0. The summed E-state index contributed by atoms with van der Waals surface area (Å²) in [4.78, 5) is 0. The standard InChI is InChI=1S/C28H46O4/c1-16-8-11-28(31-14-16)17(2)23-22(32-28)13-21-20-7-6-18-12-19(29)9-10-25(18,3)24(20)27(5,30)15-26(21,23)4/h16-24,29-30H,6-15H2,1-5H3. The predicted octanol–water partition coefficient (Wildman–Crippen LogP) is 5.15. The van der Waals surface area contributed by atoms with Gasteiger partial charge in [-0.05, 0) is 105 Å². The molecule has 2 saturated heterocycles. The second-order valence-corrected chi connectivity index (χ2v) is 14.0. The van der Waals surface area contributed by atoms with Crippen LogP contribution in [0.3, 0.4) is 0 Å². The smallest absolute Gasteiger partial charge is 0.171 e. The van der Waals surface area contributed by atoms with Crippen LogP contribution in [0.15, 0.2) is 0 Å². The highest BCUT2D eigenvalue weighted by molar-refractivity contribution is 5.19. The third kappa shape index (κ3) is 2.82. The molecule has 2 heterocycles. The monoisotopic (exact) mass is 446 g/mol. The van der Waals surface area contributed by atoms with Crippen molar-refractivity contribution < 1.29 is 19.7 Å². The van der Waals surface area contributed by atoms with Crippen molar-refractivity contribution in [2.45, 2.75) is 116 Å². The van der Waals surface area contributed by atoms with Crippen LogP contribution < -0.4 is 0 Å². The molecule has 0 aromatic carbocycles. The summed E-state index contributed by atoms with van der Waals surface area (Å²) >= 11 is 0. The van der Waals surface area contributed by atoms with E-state index in [9.17, 15) is 10.2 Å². The van der Waals surface area contributed by atoms with Gasteiger partial charge in [-0.2, -0.15) is 0 Å². The fourth-order valence-electron chi connectivity index (χ4n) is 11.0. The second kappa shape index (κ2) is 6.95. The highest BCUT2D eigenvalue weighted by Crippen LogP contribution is 2.73. The highest BCUT2D eigenvalue weighted by Gasteiger charge is 2.72. The van der Waals surface area contributed by atoms with Crippen molar-refractivity contribution in [1.29, 1.82) is 0 Å². The number of rotatable bonds is 0. The number of fused-ring (bicyclic) bond motifs is 7. The Morgan fingerprint density at radius 3 is 2.41 bits per heavy atom. The van der Waals surface area contributed by atoms with E-state index >= 15 is 0 Å². The number of ether oxygens (including phenoxy) is 2. The molecule has 6 aliphatic rings. The van der Waals surface area contributed by atoms with Gasteiger partial charge < -0.3 is 19.7 Å². The molecule has 6 rings (SSSR count). The van der Waals surface area contributed by atoms with Crippen LogP contribution in [-0.2, 0) is 9.47 Å². The quantitative estimate of drug-likeness (QED) is 0.540. The van der Waals surface area contributed by atoms with E-state index in [2.05, 4.69) is 34.6 Å². The summed E-state index contributed by atoms with van der Waals surface area (Å²) in [5, 5.41) is 22.5. The van der Waals surface area contributed by atoms with Crippen molar-refractivity contribution in [3.63, 3.8) is 0 Å². The lowest BCUT2D eigenvalue weighted by Crippen LogP contribution is -2.64. The molecular weight excluding hydrogens is 400 g/mol. The molecule has 0 amide bonds. The molecule has 6 fully saturated rings. The van der Waals surface area contributed by atoms with Gasteiger partial charge in [-0.3, -0.25) is 0 Å². The van der Waals surface area contributed by atoms with Gasteiger partial charge in [-0.15, -0.1) is 0 Å². The zero-order valence-corrected chi connectivity index (χ0v) is 21.0. The average molecular weight is 447 g/mol. The number of aliphatic hydroxyl groups excluding tert-OH is 1. The topological polar surface area (TPSA) is 58.9 Å². The van der Waals surface area contributed by atoms with Crippen molar-refractivity contribution in [2.75, 3.05) is 6.61 Å². The molecule has 182 valence electrons. The summed E-state index contributed by atoms with van der Waals surface area (Å²) in [5.74, 6) is 3.21. The van der Waals surface area contributed by atoms with Gasteiger partial charge in [0.1, 0.15) is 0 Å². The van der Waals surface area contributed by atoms with Crippen LogP contribution >= 0.6 is 0 Å². The Balaban J connectivity index is 1.33. The van der Waals surface area contributed by atoms with Gasteiger partial charge in [0.15, 0.2) is 5.79 Å². The van der Waals surface area contributed by atoms with Gasteiger partial charge in [0, 0.05) is 12.3 Å². The molecule has 32 heavy (non-hydrogen) atoms. The molecule has 0 bridgehead atoms. The largest absolute Gasteiger partial charge is 0.393 e. The average Bonchev–Trinajstić information content (AvgIpc) is 3.14. The molecule has 2 aliphatic heterocycles. The van der Waals surface area contributed by atoms with Crippen LogP contribution in [0.4, 0.5) is 0 Å². The lowest BCUT2D eigenvalue weighted by molar-refractivity contribution is -0.276. The Hall–Kier alpha value is -0.160. The summed E-state index contributed by atoms with van der Waals surface area (Å²) in [6, 6.07) is 0. The van der Waals surface area contributed by atoms with E-state index < -0.39 is 5.60 Å². The lowest BCUT2D eigenvalue weighted by Gasteiger charge is -2.65. The molecule has 4 nitrogen and oxygen atoms in total. The van der Waals surface area contributed by atoms with Gasteiger partial charge in [0.05, 0.1) is 24.4 Å². The van der Waals surface area contributed by atoms with E-state index in [4.69, 9.17) is 9.47 Å².